The number of aliphatic hydroxyl groups excluding tert-OH is 1. The van der Waals surface area contributed by atoms with Crippen LogP contribution in [0.25, 0.3) is 0 Å². The maximum atomic E-state index is 10.0. The summed E-state index contributed by atoms with van der Waals surface area (Å²) in [7, 11) is 1.59. The summed E-state index contributed by atoms with van der Waals surface area (Å²) < 4.78 is 5.06. The summed E-state index contributed by atoms with van der Waals surface area (Å²) in [5.41, 5.74) is 1.90. The van der Waals surface area contributed by atoms with Gasteiger partial charge in [-0.05, 0) is 29.3 Å². The Morgan fingerprint density at radius 1 is 1.30 bits per heavy atom. The molecule has 0 aliphatic heterocycles. The van der Waals surface area contributed by atoms with Crippen LogP contribution in [-0.2, 0) is 6.54 Å². The number of hydrogen-bond donors (Lipinski definition) is 2. The summed E-state index contributed by atoms with van der Waals surface area (Å²) in [5, 5.41) is 13.9. The van der Waals surface area contributed by atoms with Crippen LogP contribution in [0.5, 0.6) is 5.88 Å². The second-order valence-corrected chi connectivity index (χ2v) is 4.84. The van der Waals surface area contributed by atoms with Gasteiger partial charge in [-0.3, -0.25) is 0 Å². The van der Waals surface area contributed by atoms with E-state index in [1.165, 1.54) is 0 Å². The Labute approximate surface area is 123 Å². The summed E-state index contributed by atoms with van der Waals surface area (Å²) in [6.45, 7) is 1.11. The van der Waals surface area contributed by atoms with Gasteiger partial charge in [0.15, 0.2) is 0 Å². The van der Waals surface area contributed by atoms with Crippen molar-refractivity contribution in [2.75, 3.05) is 13.7 Å². The van der Waals surface area contributed by atoms with Crippen LogP contribution in [0.15, 0.2) is 42.6 Å². The molecule has 106 valence electrons. The molecule has 0 fully saturated rings. The van der Waals surface area contributed by atoms with E-state index in [2.05, 4.69) is 10.3 Å². The second kappa shape index (κ2) is 7.24. The van der Waals surface area contributed by atoms with Gasteiger partial charge in [-0.2, -0.15) is 0 Å². The van der Waals surface area contributed by atoms with E-state index in [4.69, 9.17) is 16.3 Å². The molecule has 0 amide bonds. The highest BCUT2D eigenvalue weighted by atomic mass is 35.5. The normalized spacial score (nSPS) is 12.2. The molecule has 2 N–H and O–H groups in total. The largest absolute Gasteiger partial charge is 0.481 e. The lowest BCUT2D eigenvalue weighted by molar-refractivity contribution is 0.174. The number of halogens is 1. The number of ether oxygens (including phenoxy) is 1. The lowest BCUT2D eigenvalue weighted by Gasteiger charge is -2.12. The smallest absolute Gasteiger partial charge is 0.213 e. The maximum absolute atomic E-state index is 10.0. The molecule has 0 radical (unpaired) electrons. The van der Waals surface area contributed by atoms with Crippen molar-refractivity contribution in [3.05, 3.63) is 58.7 Å². The van der Waals surface area contributed by atoms with Gasteiger partial charge < -0.3 is 15.2 Å². The average molecular weight is 293 g/mol. The Morgan fingerprint density at radius 3 is 2.75 bits per heavy atom. The molecule has 0 spiro atoms. The molecule has 20 heavy (non-hydrogen) atoms. The van der Waals surface area contributed by atoms with Crippen molar-refractivity contribution in [3.63, 3.8) is 0 Å². The SMILES string of the molecule is COc1cc(CNCC(O)c2ccc(Cl)cc2)ccn1. The molecular weight excluding hydrogens is 276 g/mol. The topological polar surface area (TPSA) is 54.4 Å². The monoisotopic (exact) mass is 292 g/mol. The fraction of sp³-hybridized carbons (Fsp3) is 0.267. The van der Waals surface area contributed by atoms with E-state index in [-0.39, 0.29) is 0 Å². The van der Waals surface area contributed by atoms with Crippen molar-refractivity contribution >= 4 is 11.6 Å². The molecule has 0 bridgehead atoms. The van der Waals surface area contributed by atoms with E-state index in [9.17, 15) is 5.11 Å². The Hall–Kier alpha value is -1.62. The Bertz CT molecular complexity index is 546. The maximum Gasteiger partial charge on any atom is 0.213 e. The van der Waals surface area contributed by atoms with E-state index in [0.29, 0.717) is 24.0 Å². The Kier molecular flexibility index (Phi) is 5.35. The number of rotatable bonds is 6. The van der Waals surface area contributed by atoms with Crippen molar-refractivity contribution in [1.82, 2.24) is 10.3 Å². The third kappa shape index (κ3) is 4.20. The van der Waals surface area contributed by atoms with E-state index >= 15 is 0 Å². The molecule has 0 aliphatic rings. The van der Waals surface area contributed by atoms with Gasteiger partial charge in [-0.25, -0.2) is 4.98 Å². The first kappa shape index (κ1) is 14.8. The molecule has 5 heteroatoms. The van der Waals surface area contributed by atoms with Gasteiger partial charge in [0.25, 0.3) is 0 Å². The zero-order valence-corrected chi connectivity index (χ0v) is 12.0. The van der Waals surface area contributed by atoms with Crippen molar-refractivity contribution in [1.29, 1.82) is 0 Å². The molecule has 0 saturated heterocycles. The molecule has 1 heterocycles. The van der Waals surface area contributed by atoms with Crippen LogP contribution in [0, 0.1) is 0 Å². The molecule has 2 aromatic rings. The van der Waals surface area contributed by atoms with Crippen molar-refractivity contribution in [2.24, 2.45) is 0 Å². The van der Waals surface area contributed by atoms with Crippen LogP contribution in [-0.4, -0.2) is 23.7 Å². The highest BCUT2D eigenvalue weighted by Crippen LogP contribution is 2.16. The number of nitrogens with one attached hydrogen (secondary N) is 1. The number of aromatic nitrogens is 1. The van der Waals surface area contributed by atoms with E-state index in [0.717, 1.165) is 11.1 Å². The number of benzene rings is 1. The number of hydrogen-bond acceptors (Lipinski definition) is 4. The van der Waals surface area contributed by atoms with Crippen molar-refractivity contribution in [3.8, 4) is 5.88 Å². The highest BCUT2D eigenvalue weighted by molar-refractivity contribution is 6.30. The third-order valence-corrected chi connectivity index (χ3v) is 3.18. The Morgan fingerprint density at radius 2 is 2.05 bits per heavy atom. The Balaban J connectivity index is 1.84. The molecule has 0 saturated carbocycles. The van der Waals surface area contributed by atoms with Crippen LogP contribution in [0.2, 0.25) is 5.02 Å². The standard InChI is InChI=1S/C15H17ClN2O2/c1-20-15-8-11(6-7-18-15)9-17-10-14(19)12-2-4-13(16)5-3-12/h2-8,14,17,19H,9-10H2,1H3. The first-order valence-corrected chi connectivity index (χ1v) is 6.70. The van der Waals surface area contributed by atoms with Crippen LogP contribution in [0.3, 0.4) is 0 Å². The zero-order valence-electron chi connectivity index (χ0n) is 11.2. The summed E-state index contributed by atoms with van der Waals surface area (Å²) in [5.74, 6) is 0.586. The number of aliphatic hydroxyl groups is 1. The molecule has 2 rings (SSSR count). The van der Waals surface area contributed by atoms with Crippen LogP contribution < -0.4 is 10.1 Å². The van der Waals surface area contributed by atoms with Gasteiger partial charge in [0.05, 0.1) is 13.2 Å². The fourth-order valence-electron chi connectivity index (χ4n) is 1.83. The van der Waals surface area contributed by atoms with Gasteiger partial charge in [-0.1, -0.05) is 23.7 Å². The number of nitrogens with zero attached hydrogens (tertiary/aromatic N) is 1. The minimum Gasteiger partial charge on any atom is -0.481 e. The van der Waals surface area contributed by atoms with Crippen LogP contribution in [0.4, 0.5) is 0 Å². The lowest BCUT2D eigenvalue weighted by Crippen LogP contribution is -2.21. The summed E-state index contributed by atoms with van der Waals surface area (Å²) in [4.78, 5) is 4.05. The van der Waals surface area contributed by atoms with Gasteiger partial charge in [0, 0.05) is 30.4 Å². The minimum atomic E-state index is -0.559. The van der Waals surface area contributed by atoms with Gasteiger partial charge >= 0.3 is 0 Å². The third-order valence-electron chi connectivity index (χ3n) is 2.93. The first-order chi connectivity index (χ1) is 9.69. The van der Waals surface area contributed by atoms with Crippen molar-refractivity contribution < 1.29 is 9.84 Å². The van der Waals surface area contributed by atoms with E-state index in [1.807, 2.05) is 24.3 Å². The summed E-state index contributed by atoms with van der Waals surface area (Å²) >= 11 is 5.81. The average Bonchev–Trinajstić information content (AvgIpc) is 2.48. The van der Waals surface area contributed by atoms with Gasteiger partial charge in [0.2, 0.25) is 5.88 Å². The quantitative estimate of drug-likeness (QED) is 0.859. The zero-order chi connectivity index (χ0) is 14.4. The van der Waals surface area contributed by atoms with Crippen molar-refractivity contribution in [2.45, 2.75) is 12.6 Å². The molecule has 1 unspecified atom stereocenters. The number of methoxy groups -OCH3 is 1. The molecule has 4 nitrogen and oxygen atoms in total. The predicted molar refractivity (Wildman–Crippen MR) is 78.9 cm³/mol. The van der Waals surface area contributed by atoms with E-state index in [1.54, 1.807) is 25.4 Å². The van der Waals surface area contributed by atoms with Crippen LogP contribution in [0.1, 0.15) is 17.2 Å². The fourth-order valence-corrected chi connectivity index (χ4v) is 1.95. The highest BCUT2D eigenvalue weighted by Gasteiger charge is 2.06. The predicted octanol–water partition coefficient (Wildman–Crippen LogP) is 2.57. The van der Waals surface area contributed by atoms with Crippen LogP contribution >= 0.6 is 11.6 Å². The van der Waals surface area contributed by atoms with E-state index < -0.39 is 6.10 Å². The molecular formula is C15H17ClN2O2. The summed E-state index contributed by atoms with van der Waals surface area (Å²) in [6, 6.07) is 11.0. The molecule has 1 atom stereocenters. The van der Waals surface area contributed by atoms with Gasteiger partial charge in [-0.15, -0.1) is 0 Å². The first-order valence-electron chi connectivity index (χ1n) is 6.32. The second-order valence-electron chi connectivity index (χ2n) is 4.40. The molecule has 1 aromatic carbocycles. The summed E-state index contributed by atoms with van der Waals surface area (Å²) in [6.07, 6.45) is 1.14. The molecule has 0 aliphatic carbocycles. The van der Waals surface area contributed by atoms with Gasteiger partial charge in [0.1, 0.15) is 0 Å². The molecule has 1 aromatic heterocycles. The lowest BCUT2D eigenvalue weighted by atomic mass is 10.1. The number of pyridine rings is 1. The minimum absolute atomic E-state index is 0.465.